The first-order valence-electron chi connectivity index (χ1n) is 7.20. The lowest BCUT2D eigenvalue weighted by atomic mass is 9.91. The SMILES string of the molecule is CS(=O)(=O)Cc1noc(CSC2CCCc3ccccc32)n1. The van der Waals surface area contributed by atoms with Crippen LogP contribution in [0.25, 0.3) is 0 Å². The van der Waals surface area contributed by atoms with Crippen molar-refractivity contribution >= 4 is 21.6 Å². The Morgan fingerprint density at radius 3 is 3.00 bits per heavy atom. The minimum Gasteiger partial charge on any atom is -0.338 e. The van der Waals surface area contributed by atoms with Gasteiger partial charge >= 0.3 is 0 Å². The minimum atomic E-state index is -3.13. The lowest BCUT2D eigenvalue weighted by molar-refractivity contribution is 0.386. The fraction of sp³-hybridized carbons (Fsp3) is 0.467. The maximum Gasteiger partial charge on any atom is 0.236 e. The summed E-state index contributed by atoms with van der Waals surface area (Å²) in [7, 11) is -3.13. The third kappa shape index (κ3) is 3.89. The summed E-state index contributed by atoms with van der Waals surface area (Å²) in [6.45, 7) is 0. The lowest BCUT2D eigenvalue weighted by Gasteiger charge is -2.24. The molecule has 1 aromatic heterocycles. The van der Waals surface area contributed by atoms with E-state index in [9.17, 15) is 8.42 Å². The summed E-state index contributed by atoms with van der Waals surface area (Å²) in [4.78, 5) is 4.16. The Balaban J connectivity index is 1.64. The standard InChI is InChI=1S/C15H18N2O3S2/c1-22(18,19)10-14-16-15(20-17-14)9-21-13-8-4-6-11-5-2-3-7-12(11)13/h2-3,5,7,13H,4,6,8-10H2,1H3. The predicted molar refractivity (Wildman–Crippen MR) is 86.3 cm³/mol. The first-order valence-corrected chi connectivity index (χ1v) is 10.3. The number of sulfone groups is 1. The third-order valence-electron chi connectivity index (χ3n) is 3.62. The summed E-state index contributed by atoms with van der Waals surface area (Å²) < 4.78 is 27.6. The summed E-state index contributed by atoms with van der Waals surface area (Å²) in [6.07, 6.45) is 4.65. The number of rotatable bonds is 5. The molecule has 7 heteroatoms. The van der Waals surface area contributed by atoms with E-state index in [4.69, 9.17) is 4.52 Å². The topological polar surface area (TPSA) is 73.1 Å². The van der Waals surface area contributed by atoms with Crippen LogP contribution in [-0.4, -0.2) is 24.8 Å². The Morgan fingerprint density at radius 1 is 1.36 bits per heavy atom. The van der Waals surface area contributed by atoms with Crippen LogP contribution in [0.15, 0.2) is 28.8 Å². The summed E-state index contributed by atoms with van der Waals surface area (Å²) in [5.74, 6) is 1.16. The number of hydrogen-bond acceptors (Lipinski definition) is 6. The number of nitrogens with zero attached hydrogens (tertiary/aromatic N) is 2. The molecule has 22 heavy (non-hydrogen) atoms. The van der Waals surface area contributed by atoms with Crippen molar-refractivity contribution in [3.05, 3.63) is 47.1 Å². The van der Waals surface area contributed by atoms with Gasteiger partial charge in [-0.15, -0.1) is 11.8 Å². The normalized spacial score (nSPS) is 18.1. The predicted octanol–water partition coefficient (Wildman–Crippen LogP) is 2.93. The van der Waals surface area contributed by atoms with E-state index in [1.165, 1.54) is 17.5 Å². The van der Waals surface area contributed by atoms with Gasteiger partial charge in [-0.25, -0.2) is 8.42 Å². The number of fused-ring (bicyclic) bond motifs is 1. The molecule has 1 atom stereocenters. The second kappa shape index (κ2) is 6.42. The molecule has 0 N–H and O–H groups in total. The molecule has 118 valence electrons. The van der Waals surface area contributed by atoms with E-state index in [1.807, 2.05) is 0 Å². The first-order chi connectivity index (χ1) is 10.5. The van der Waals surface area contributed by atoms with Crippen molar-refractivity contribution in [1.29, 1.82) is 0 Å². The van der Waals surface area contributed by atoms with Crippen molar-refractivity contribution in [2.24, 2.45) is 0 Å². The highest BCUT2D eigenvalue weighted by atomic mass is 32.2. The van der Waals surface area contributed by atoms with Crippen molar-refractivity contribution < 1.29 is 12.9 Å². The van der Waals surface area contributed by atoms with Crippen molar-refractivity contribution in [3.63, 3.8) is 0 Å². The van der Waals surface area contributed by atoms with Gasteiger partial charge in [-0.05, 0) is 30.4 Å². The molecule has 0 radical (unpaired) electrons. The fourth-order valence-electron chi connectivity index (χ4n) is 2.70. The van der Waals surface area contributed by atoms with Crippen molar-refractivity contribution in [1.82, 2.24) is 10.1 Å². The van der Waals surface area contributed by atoms with Crippen LogP contribution in [0.4, 0.5) is 0 Å². The van der Waals surface area contributed by atoms with Gasteiger partial charge in [-0.1, -0.05) is 29.4 Å². The van der Waals surface area contributed by atoms with Crippen LogP contribution >= 0.6 is 11.8 Å². The van der Waals surface area contributed by atoms with E-state index in [-0.39, 0.29) is 11.6 Å². The van der Waals surface area contributed by atoms with Crippen LogP contribution in [-0.2, 0) is 27.8 Å². The molecule has 0 aliphatic heterocycles. The van der Waals surface area contributed by atoms with Gasteiger partial charge in [-0.3, -0.25) is 0 Å². The molecule has 1 aliphatic rings. The largest absolute Gasteiger partial charge is 0.338 e. The Bertz CT molecular complexity index is 756. The molecule has 0 saturated carbocycles. The second-order valence-corrected chi connectivity index (χ2v) is 8.90. The molecule has 0 spiro atoms. The number of hydrogen-bond donors (Lipinski definition) is 0. The van der Waals surface area contributed by atoms with Crippen molar-refractivity contribution in [2.45, 2.75) is 36.0 Å². The van der Waals surface area contributed by atoms with Crippen LogP contribution in [0.2, 0.25) is 0 Å². The molecule has 1 unspecified atom stereocenters. The van der Waals surface area contributed by atoms with Crippen LogP contribution in [0, 0.1) is 0 Å². The molecule has 5 nitrogen and oxygen atoms in total. The molecule has 0 fully saturated rings. The molecule has 1 aromatic carbocycles. The molecule has 0 bridgehead atoms. The van der Waals surface area contributed by atoms with Crippen molar-refractivity contribution in [3.8, 4) is 0 Å². The van der Waals surface area contributed by atoms with E-state index in [1.54, 1.807) is 11.8 Å². The van der Waals surface area contributed by atoms with Crippen LogP contribution < -0.4 is 0 Å². The highest BCUT2D eigenvalue weighted by Gasteiger charge is 2.21. The Morgan fingerprint density at radius 2 is 2.18 bits per heavy atom. The third-order valence-corrected chi connectivity index (χ3v) is 5.71. The van der Waals surface area contributed by atoms with Gasteiger partial charge in [0.15, 0.2) is 15.7 Å². The van der Waals surface area contributed by atoms with Gasteiger partial charge in [-0.2, -0.15) is 4.98 Å². The van der Waals surface area contributed by atoms with E-state index >= 15 is 0 Å². The Labute approximate surface area is 134 Å². The molecule has 1 aliphatic carbocycles. The van der Waals surface area contributed by atoms with E-state index in [2.05, 4.69) is 34.4 Å². The van der Waals surface area contributed by atoms with Gasteiger partial charge in [0.1, 0.15) is 5.75 Å². The quantitative estimate of drug-likeness (QED) is 0.834. The number of benzene rings is 1. The fourth-order valence-corrected chi connectivity index (χ4v) is 4.49. The van der Waals surface area contributed by atoms with Crippen LogP contribution in [0.3, 0.4) is 0 Å². The van der Waals surface area contributed by atoms with E-state index < -0.39 is 9.84 Å². The minimum absolute atomic E-state index is 0.173. The summed E-state index contributed by atoms with van der Waals surface area (Å²) >= 11 is 1.78. The Kier molecular flexibility index (Phi) is 4.54. The zero-order chi connectivity index (χ0) is 15.6. The zero-order valence-corrected chi connectivity index (χ0v) is 14.0. The van der Waals surface area contributed by atoms with Crippen molar-refractivity contribution in [2.75, 3.05) is 6.26 Å². The van der Waals surface area contributed by atoms with Gasteiger partial charge in [0, 0.05) is 11.5 Å². The second-order valence-electron chi connectivity index (χ2n) is 5.57. The molecular weight excluding hydrogens is 320 g/mol. The van der Waals surface area contributed by atoms with Crippen LogP contribution in [0.5, 0.6) is 0 Å². The van der Waals surface area contributed by atoms with Crippen LogP contribution in [0.1, 0.15) is 40.9 Å². The van der Waals surface area contributed by atoms with E-state index in [0.29, 0.717) is 16.9 Å². The highest BCUT2D eigenvalue weighted by Crippen LogP contribution is 2.40. The molecule has 0 saturated heterocycles. The summed E-state index contributed by atoms with van der Waals surface area (Å²) in [5, 5.41) is 4.17. The van der Waals surface area contributed by atoms with Gasteiger partial charge in [0.25, 0.3) is 0 Å². The maximum atomic E-state index is 11.2. The first kappa shape index (κ1) is 15.6. The molecule has 0 amide bonds. The molecule has 3 rings (SSSR count). The average Bonchev–Trinajstić information content (AvgIpc) is 2.90. The molecule has 2 aromatic rings. The summed E-state index contributed by atoms with van der Waals surface area (Å²) in [6, 6.07) is 8.55. The number of thioether (sulfide) groups is 1. The van der Waals surface area contributed by atoms with Gasteiger partial charge in [0.2, 0.25) is 5.89 Å². The zero-order valence-electron chi connectivity index (χ0n) is 12.4. The van der Waals surface area contributed by atoms with E-state index in [0.717, 1.165) is 19.1 Å². The molecule has 1 heterocycles. The smallest absolute Gasteiger partial charge is 0.236 e. The number of aromatic nitrogens is 2. The summed E-state index contributed by atoms with van der Waals surface area (Å²) in [5.41, 5.74) is 2.82. The average molecular weight is 338 g/mol. The van der Waals surface area contributed by atoms with Gasteiger partial charge in [0.05, 0.1) is 5.75 Å². The lowest BCUT2D eigenvalue weighted by Crippen LogP contribution is -2.07. The molecular formula is C15H18N2O3S2. The van der Waals surface area contributed by atoms with Gasteiger partial charge < -0.3 is 4.52 Å². The monoisotopic (exact) mass is 338 g/mol. The Hall–Kier alpha value is -1.34. The highest BCUT2D eigenvalue weighted by molar-refractivity contribution is 7.98. The number of aryl methyl sites for hydroxylation is 1. The maximum absolute atomic E-state index is 11.2.